The molecule has 20 heavy (non-hydrogen) atoms. The fourth-order valence-corrected chi connectivity index (χ4v) is 3.13. The third-order valence-electron chi connectivity index (χ3n) is 2.55. The van der Waals surface area contributed by atoms with Crippen molar-refractivity contribution >= 4 is 21.4 Å². The number of hydrogen-bond acceptors (Lipinski definition) is 6. The van der Waals surface area contributed by atoms with E-state index in [9.17, 15) is 18.5 Å². The number of nitro benzene ring substituents is 1. The van der Waals surface area contributed by atoms with E-state index in [4.69, 9.17) is 4.52 Å². The fraction of sp³-hybridized carbons (Fsp3) is 0.182. The predicted octanol–water partition coefficient (Wildman–Crippen LogP) is 2.00. The molecule has 0 aliphatic carbocycles. The maximum atomic E-state index is 12.2. The minimum absolute atomic E-state index is 0.0657. The minimum atomic E-state index is -3.90. The number of non-ortho nitro benzene ring substituents is 1. The van der Waals surface area contributed by atoms with Gasteiger partial charge in [0.1, 0.15) is 5.69 Å². The van der Waals surface area contributed by atoms with Crippen molar-refractivity contribution in [1.29, 1.82) is 0 Å². The molecule has 0 amide bonds. The molecule has 8 nitrogen and oxygen atoms in total. The Bertz CT molecular complexity index is 747. The molecule has 0 saturated heterocycles. The van der Waals surface area contributed by atoms with Crippen LogP contribution in [-0.2, 0) is 10.0 Å². The van der Waals surface area contributed by atoms with Crippen LogP contribution in [0.3, 0.4) is 0 Å². The zero-order chi connectivity index (χ0) is 14.9. The normalized spacial score (nSPS) is 11.3. The van der Waals surface area contributed by atoms with E-state index in [-0.39, 0.29) is 27.7 Å². The highest BCUT2D eigenvalue weighted by Crippen LogP contribution is 2.24. The van der Waals surface area contributed by atoms with Crippen molar-refractivity contribution in [1.82, 2.24) is 5.16 Å². The van der Waals surface area contributed by atoms with Gasteiger partial charge in [-0.3, -0.25) is 14.8 Å². The Labute approximate surface area is 114 Å². The molecule has 1 heterocycles. The van der Waals surface area contributed by atoms with Crippen LogP contribution in [0.5, 0.6) is 0 Å². The van der Waals surface area contributed by atoms with E-state index in [1.807, 2.05) is 0 Å². The molecule has 0 fully saturated rings. The van der Waals surface area contributed by atoms with Crippen molar-refractivity contribution in [3.63, 3.8) is 0 Å². The number of nitro groups is 1. The summed E-state index contributed by atoms with van der Waals surface area (Å²) in [6.07, 6.45) is 0. The van der Waals surface area contributed by atoms with Crippen molar-refractivity contribution in [2.75, 3.05) is 4.72 Å². The van der Waals surface area contributed by atoms with Gasteiger partial charge in [0.25, 0.3) is 15.7 Å². The second-order valence-corrected chi connectivity index (χ2v) is 5.69. The third kappa shape index (κ3) is 2.62. The van der Waals surface area contributed by atoms with Gasteiger partial charge < -0.3 is 4.52 Å². The Hall–Kier alpha value is -2.42. The van der Waals surface area contributed by atoms with E-state index in [0.717, 1.165) is 6.07 Å². The molecule has 2 rings (SSSR count). The quantitative estimate of drug-likeness (QED) is 0.681. The first-order valence-corrected chi connectivity index (χ1v) is 7.00. The number of nitrogens with zero attached hydrogens (tertiary/aromatic N) is 2. The lowest BCUT2D eigenvalue weighted by atomic mass is 10.3. The molecule has 0 aliphatic rings. The Balaban J connectivity index is 2.39. The molecule has 106 valence electrons. The summed E-state index contributed by atoms with van der Waals surface area (Å²) < 4.78 is 31.5. The van der Waals surface area contributed by atoms with Crippen molar-refractivity contribution < 1.29 is 17.9 Å². The van der Waals surface area contributed by atoms with E-state index in [0.29, 0.717) is 0 Å². The Morgan fingerprint density at radius 2 is 2.05 bits per heavy atom. The van der Waals surface area contributed by atoms with E-state index in [1.54, 1.807) is 0 Å². The van der Waals surface area contributed by atoms with Gasteiger partial charge in [0.15, 0.2) is 10.7 Å². The van der Waals surface area contributed by atoms with Crippen LogP contribution in [0.2, 0.25) is 0 Å². The topological polar surface area (TPSA) is 115 Å². The molecule has 0 saturated carbocycles. The molecule has 0 radical (unpaired) electrons. The monoisotopic (exact) mass is 297 g/mol. The summed E-state index contributed by atoms with van der Waals surface area (Å²) in [5.41, 5.74) is 0.114. The molecule has 2 aromatic rings. The standard InChI is InChI=1S/C11H11N3O5S/c1-7-11(8(2)19-12-7)20(17,18)13-9-4-3-5-10(6-9)14(15)16/h3-6,13H,1-2H3. The highest BCUT2D eigenvalue weighted by molar-refractivity contribution is 7.92. The lowest BCUT2D eigenvalue weighted by molar-refractivity contribution is -0.384. The van der Waals surface area contributed by atoms with Crippen LogP contribution in [0.1, 0.15) is 11.5 Å². The van der Waals surface area contributed by atoms with Crippen molar-refractivity contribution in [2.45, 2.75) is 18.7 Å². The van der Waals surface area contributed by atoms with Crippen LogP contribution in [0.25, 0.3) is 0 Å². The number of aromatic nitrogens is 1. The largest absolute Gasteiger partial charge is 0.360 e. The highest BCUT2D eigenvalue weighted by atomic mass is 32.2. The SMILES string of the molecule is Cc1noc(C)c1S(=O)(=O)Nc1cccc([N+](=O)[O-])c1. The Morgan fingerprint density at radius 1 is 1.35 bits per heavy atom. The summed E-state index contributed by atoms with van der Waals surface area (Å²) in [6.45, 7) is 2.97. The van der Waals surface area contributed by atoms with Crippen LogP contribution in [0, 0.1) is 24.0 Å². The first-order chi connectivity index (χ1) is 9.31. The molecule has 1 N–H and O–H groups in total. The first kappa shape index (κ1) is 14.0. The molecular weight excluding hydrogens is 286 g/mol. The van der Waals surface area contributed by atoms with E-state index < -0.39 is 14.9 Å². The molecule has 1 aromatic heterocycles. The second-order valence-electron chi connectivity index (χ2n) is 4.07. The van der Waals surface area contributed by atoms with E-state index in [1.165, 1.54) is 32.0 Å². The smallest absolute Gasteiger partial charge is 0.271 e. The van der Waals surface area contributed by atoms with Crippen LogP contribution < -0.4 is 4.72 Å². The average Bonchev–Trinajstić information content (AvgIpc) is 2.69. The van der Waals surface area contributed by atoms with Gasteiger partial charge >= 0.3 is 0 Å². The fourth-order valence-electron chi connectivity index (χ4n) is 1.75. The molecule has 0 spiro atoms. The average molecular weight is 297 g/mol. The van der Waals surface area contributed by atoms with Gasteiger partial charge in [0, 0.05) is 12.1 Å². The zero-order valence-corrected chi connectivity index (χ0v) is 11.5. The summed E-state index contributed by atoms with van der Waals surface area (Å²) in [5.74, 6) is 0.153. The van der Waals surface area contributed by atoms with Crippen molar-refractivity contribution in [2.24, 2.45) is 0 Å². The molecule has 0 bridgehead atoms. The summed E-state index contributed by atoms with van der Waals surface area (Å²) >= 11 is 0. The van der Waals surface area contributed by atoms with Crippen LogP contribution >= 0.6 is 0 Å². The molecule has 0 aliphatic heterocycles. The first-order valence-electron chi connectivity index (χ1n) is 5.51. The number of aryl methyl sites for hydroxylation is 2. The third-order valence-corrected chi connectivity index (χ3v) is 4.17. The zero-order valence-electron chi connectivity index (χ0n) is 10.7. The summed E-state index contributed by atoms with van der Waals surface area (Å²) in [5, 5.41) is 14.2. The number of sulfonamides is 1. The van der Waals surface area contributed by atoms with Crippen molar-refractivity contribution in [3.8, 4) is 0 Å². The molecular formula is C11H11N3O5S. The lowest BCUT2D eigenvalue weighted by Gasteiger charge is -2.07. The number of anilines is 1. The molecule has 0 unspecified atom stereocenters. The van der Waals surface area contributed by atoms with Gasteiger partial charge in [-0.15, -0.1) is 0 Å². The number of rotatable bonds is 4. The predicted molar refractivity (Wildman–Crippen MR) is 69.9 cm³/mol. The van der Waals surface area contributed by atoms with Crippen LogP contribution in [0.15, 0.2) is 33.7 Å². The lowest BCUT2D eigenvalue weighted by Crippen LogP contribution is -2.14. The van der Waals surface area contributed by atoms with Crippen molar-refractivity contribution in [3.05, 3.63) is 45.8 Å². The van der Waals surface area contributed by atoms with Gasteiger partial charge in [0.05, 0.1) is 10.6 Å². The maximum Gasteiger partial charge on any atom is 0.271 e. The minimum Gasteiger partial charge on any atom is -0.360 e. The number of nitrogens with one attached hydrogen (secondary N) is 1. The highest BCUT2D eigenvalue weighted by Gasteiger charge is 2.24. The Kier molecular flexibility index (Phi) is 3.45. The molecule has 9 heteroatoms. The van der Waals surface area contributed by atoms with Crippen LogP contribution in [0.4, 0.5) is 11.4 Å². The van der Waals surface area contributed by atoms with Gasteiger partial charge in [-0.25, -0.2) is 8.42 Å². The second kappa shape index (κ2) is 4.93. The van der Waals surface area contributed by atoms with Gasteiger partial charge in [-0.2, -0.15) is 0 Å². The molecule has 1 aromatic carbocycles. The van der Waals surface area contributed by atoms with Gasteiger partial charge in [-0.1, -0.05) is 11.2 Å². The summed E-state index contributed by atoms with van der Waals surface area (Å²) in [6, 6.07) is 5.22. The molecule has 0 atom stereocenters. The van der Waals surface area contributed by atoms with Crippen LogP contribution in [-0.4, -0.2) is 18.5 Å². The van der Waals surface area contributed by atoms with Gasteiger partial charge in [-0.05, 0) is 19.9 Å². The van der Waals surface area contributed by atoms with Gasteiger partial charge in [0.2, 0.25) is 0 Å². The van der Waals surface area contributed by atoms with E-state index in [2.05, 4.69) is 9.88 Å². The number of hydrogen-bond donors (Lipinski definition) is 1. The summed E-state index contributed by atoms with van der Waals surface area (Å²) in [4.78, 5) is 9.99. The summed E-state index contributed by atoms with van der Waals surface area (Å²) in [7, 11) is -3.90. The number of benzene rings is 1. The maximum absolute atomic E-state index is 12.2. The Morgan fingerprint density at radius 3 is 2.60 bits per heavy atom. The van der Waals surface area contributed by atoms with E-state index >= 15 is 0 Å².